The van der Waals surface area contributed by atoms with Gasteiger partial charge in [0.2, 0.25) is 0 Å². The molecule has 2 heterocycles. The summed E-state index contributed by atoms with van der Waals surface area (Å²) < 4.78 is 13.4. The van der Waals surface area contributed by atoms with Gasteiger partial charge >= 0.3 is 0 Å². The SMILES string of the molecule is c1ccc(-c2cccc(-c3ccc(N(c4cccc(-c5ccc6c(c5)-c5ccccc5C65c6ccccc6Oc6ccccc65)c4)c4cccc5c4-c4ccccc4C54c5ccccc5Oc5ccccc54)cc3)c2)cc1. The van der Waals surface area contributed by atoms with Crippen molar-refractivity contribution < 1.29 is 9.47 Å². The first-order valence-electron chi connectivity index (χ1n) is 26.6. The van der Waals surface area contributed by atoms with Crippen molar-refractivity contribution in [2.75, 3.05) is 4.90 Å². The van der Waals surface area contributed by atoms with Gasteiger partial charge in [0, 0.05) is 39.2 Å². The highest BCUT2D eigenvalue weighted by atomic mass is 16.5. The largest absolute Gasteiger partial charge is 0.457 e. The molecule has 0 saturated carbocycles. The van der Waals surface area contributed by atoms with E-state index in [2.05, 4.69) is 290 Å². The van der Waals surface area contributed by atoms with Crippen LogP contribution in [0.2, 0.25) is 0 Å². The van der Waals surface area contributed by atoms with Crippen LogP contribution < -0.4 is 14.4 Å². The lowest BCUT2D eigenvalue weighted by molar-refractivity contribution is 0.436. The van der Waals surface area contributed by atoms with Crippen molar-refractivity contribution in [1.82, 2.24) is 0 Å². The molecule has 2 aliphatic carbocycles. The molecule has 0 saturated heterocycles. The van der Waals surface area contributed by atoms with E-state index in [1.807, 2.05) is 0 Å². The molecule has 0 fully saturated rings. The van der Waals surface area contributed by atoms with Crippen LogP contribution in [0.15, 0.2) is 285 Å². The minimum absolute atomic E-state index is 0.531. The summed E-state index contributed by atoms with van der Waals surface area (Å²) in [5.41, 5.74) is 23.6. The highest BCUT2D eigenvalue weighted by molar-refractivity contribution is 5.99. The van der Waals surface area contributed by atoms with Gasteiger partial charge in [0.15, 0.2) is 0 Å². The first-order chi connectivity index (χ1) is 38.2. The van der Waals surface area contributed by atoms with Gasteiger partial charge in [0.25, 0.3) is 0 Å². The average molecular weight is 982 g/mol. The Hall–Kier alpha value is -9.96. The third-order valence-electron chi connectivity index (χ3n) is 16.8. The Bertz CT molecular complexity index is 4270. The molecule has 3 heteroatoms. The summed E-state index contributed by atoms with van der Waals surface area (Å²) in [6, 6.07) is 104. The van der Waals surface area contributed by atoms with Crippen molar-refractivity contribution in [3.05, 3.63) is 330 Å². The van der Waals surface area contributed by atoms with Crippen molar-refractivity contribution >= 4 is 17.1 Å². The van der Waals surface area contributed by atoms with E-state index in [4.69, 9.17) is 9.47 Å². The predicted molar refractivity (Wildman–Crippen MR) is 312 cm³/mol. The van der Waals surface area contributed by atoms with E-state index in [-0.39, 0.29) is 0 Å². The van der Waals surface area contributed by atoms with Gasteiger partial charge in [0.05, 0.1) is 16.5 Å². The number of hydrogen-bond acceptors (Lipinski definition) is 3. The van der Waals surface area contributed by atoms with Gasteiger partial charge in [-0.1, -0.05) is 218 Å². The van der Waals surface area contributed by atoms with Gasteiger partial charge in [-0.15, -0.1) is 0 Å². The third kappa shape index (κ3) is 6.20. The van der Waals surface area contributed by atoms with E-state index < -0.39 is 10.8 Å². The summed E-state index contributed by atoms with van der Waals surface area (Å²) in [6.45, 7) is 0. The van der Waals surface area contributed by atoms with Crippen molar-refractivity contribution in [2.45, 2.75) is 10.8 Å². The molecule has 3 nitrogen and oxygen atoms in total. The Labute approximate surface area is 448 Å². The van der Waals surface area contributed by atoms with Crippen molar-refractivity contribution in [1.29, 1.82) is 0 Å². The highest BCUT2D eigenvalue weighted by Crippen LogP contribution is 2.65. The molecule has 2 spiro atoms. The minimum Gasteiger partial charge on any atom is -0.457 e. The number of anilines is 3. The number of benzene rings is 12. The van der Waals surface area contributed by atoms with Crippen molar-refractivity contribution in [2.24, 2.45) is 0 Å². The monoisotopic (exact) mass is 981 g/mol. The molecule has 12 aromatic rings. The van der Waals surface area contributed by atoms with Gasteiger partial charge in [0.1, 0.15) is 23.0 Å². The van der Waals surface area contributed by atoms with E-state index >= 15 is 0 Å². The van der Waals surface area contributed by atoms with Gasteiger partial charge in [-0.2, -0.15) is 0 Å². The summed E-state index contributed by atoms with van der Waals surface area (Å²) in [4.78, 5) is 2.48. The number of fused-ring (bicyclic) bond motifs is 18. The molecule has 360 valence electrons. The molecule has 77 heavy (non-hydrogen) atoms. The van der Waals surface area contributed by atoms with Gasteiger partial charge in [-0.05, 0) is 139 Å². The molecule has 4 aliphatic rings. The van der Waals surface area contributed by atoms with Crippen molar-refractivity contribution in [3.63, 3.8) is 0 Å². The maximum atomic E-state index is 6.74. The minimum atomic E-state index is -0.613. The summed E-state index contributed by atoms with van der Waals surface area (Å²) in [6.07, 6.45) is 0. The highest BCUT2D eigenvalue weighted by Gasteiger charge is 2.53. The summed E-state index contributed by atoms with van der Waals surface area (Å²) >= 11 is 0. The predicted octanol–water partition coefficient (Wildman–Crippen LogP) is 19.1. The van der Waals surface area contributed by atoms with Gasteiger partial charge in [-0.3, -0.25) is 0 Å². The maximum Gasteiger partial charge on any atom is 0.132 e. The van der Waals surface area contributed by atoms with Gasteiger partial charge < -0.3 is 14.4 Å². The van der Waals surface area contributed by atoms with E-state index in [0.29, 0.717) is 0 Å². The van der Waals surface area contributed by atoms with Crippen LogP contribution in [0.3, 0.4) is 0 Å². The third-order valence-corrected chi connectivity index (χ3v) is 16.8. The second kappa shape index (κ2) is 16.8. The molecular weight excluding hydrogens is 935 g/mol. The molecular formula is C74H47NO2. The molecule has 0 amide bonds. The van der Waals surface area contributed by atoms with E-state index in [9.17, 15) is 0 Å². The standard InChI is InChI=1S/C74H47NO2/c1-2-19-48(20-3-1)50-21-16-22-51(45-50)49-39-42-54(43-40-49)75(67-34-18-33-66-72(67)57-26-5-7-28-60(57)74(66)64-31-10-14-37-70(64)77-71-38-15-11-32-65(71)74)55-24-17-23-52(46-55)53-41-44-61-58(47-53)56-25-4-6-27-59(56)73(61)62-29-8-12-35-68(62)76-69-36-13-9-30-63(69)73/h1-47H. The lowest BCUT2D eigenvalue weighted by Crippen LogP contribution is -2.32. The fourth-order valence-electron chi connectivity index (χ4n) is 13.7. The van der Waals surface area contributed by atoms with Crippen LogP contribution in [0.1, 0.15) is 44.5 Å². The number of para-hydroxylation sites is 4. The lowest BCUT2D eigenvalue weighted by Gasteiger charge is -2.39. The Morgan fingerprint density at radius 2 is 0.636 bits per heavy atom. The molecule has 16 rings (SSSR count). The second-order valence-electron chi connectivity index (χ2n) is 20.6. The lowest BCUT2D eigenvalue weighted by atomic mass is 9.66. The normalized spacial score (nSPS) is 13.9. The smallest absolute Gasteiger partial charge is 0.132 e. The van der Waals surface area contributed by atoms with Crippen LogP contribution in [0.25, 0.3) is 55.6 Å². The molecule has 0 aromatic heterocycles. The number of ether oxygens (including phenoxy) is 2. The summed E-state index contributed by atoms with van der Waals surface area (Å²) in [7, 11) is 0. The first kappa shape index (κ1) is 43.4. The zero-order chi connectivity index (χ0) is 50.7. The molecule has 0 bridgehead atoms. The Balaban J connectivity index is 0.892. The molecule has 0 N–H and O–H groups in total. The molecule has 2 aliphatic heterocycles. The Morgan fingerprint density at radius 3 is 1.25 bits per heavy atom. The van der Waals surface area contributed by atoms with E-state index in [1.54, 1.807) is 0 Å². The second-order valence-corrected chi connectivity index (χ2v) is 20.6. The quantitative estimate of drug-likeness (QED) is 0.166. The maximum absolute atomic E-state index is 6.74. The molecule has 0 atom stereocenters. The Morgan fingerprint density at radius 1 is 0.234 bits per heavy atom. The van der Waals surface area contributed by atoms with Crippen LogP contribution in [0, 0.1) is 0 Å². The van der Waals surface area contributed by atoms with E-state index in [1.165, 1.54) is 61.2 Å². The van der Waals surface area contributed by atoms with Crippen LogP contribution in [0.5, 0.6) is 23.0 Å². The van der Waals surface area contributed by atoms with Gasteiger partial charge in [-0.25, -0.2) is 0 Å². The summed E-state index contributed by atoms with van der Waals surface area (Å²) in [5, 5.41) is 0. The molecule has 12 aromatic carbocycles. The molecule has 0 unspecified atom stereocenters. The zero-order valence-corrected chi connectivity index (χ0v) is 41.9. The summed E-state index contributed by atoms with van der Waals surface area (Å²) in [5.74, 6) is 3.55. The average Bonchev–Trinajstić information content (AvgIpc) is 3.75. The van der Waals surface area contributed by atoms with Crippen LogP contribution in [0.4, 0.5) is 17.1 Å². The number of nitrogens with zero attached hydrogens (tertiary/aromatic N) is 1. The van der Waals surface area contributed by atoms with Crippen molar-refractivity contribution in [3.8, 4) is 78.6 Å². The van der Waals surface area contributed by atoms with Crippen LogP contribution in [-0.2, 0) is 10.8 Å². The fourth-order valence-corrected chi connectivity index (χ4v) is 13.7. The molecule has 0 radical (unpaired) electrons. The Kier molecular flexibility index (Phi) is 9.47. The topological polar surface area (TPSA) is 21.7 Å². The number of rotatable bonds is 6. The van der Waals surface area contributed by atoms with Crippen LogP contribution in [-0.4, -0.2) is 0 Å². The number of hydrogen-bond donors (Lipinski definition) is 0. The fraction of sp³-hybridized carbons (Fsp3) is 0.0270. The van der Waals surface area contributed by atoms with E-state index in [0.717, 1.165) is 79.0 Å². The zero-order valence-electron chi connectivity index (χ0n) is 41.9. The van der Waals surface area contributed by atoms with Crippen LogP contribution >= 0.6 is 0 Å². The first-order valence-corrected chi connectivity index (χ1v) is 26.6.